The van der Waals surface area contributed by atoms with E-state index in [2.05, 4.69) is 20.3 Å². The minimum absolute atomic E-state index is 0.175. The normalized spacial score (nSPS) is 26.1. The third-order valence-electron chi connectivity index (χ3n) is 2.92. The quantitative estimate of drug-likeness (QED) is 0.736. The van der Waals surface area contributed by atoms with Gasteiger partial charge in [-0.3, -0.25) is 9.69 Å². The second-order valence-electron chi connectivity index (χ2n) is 4.31. The van der Waals surface area contributed by atoms with Crippen LogP contribution in [0.25, 0.3) is 0 Å². The maximum atomic E-state index is 10.9. The number of tetrazole rings is 1. The maximum absolute atomic E-state index is 10.9. The molecular formula is C9H15N5O2. The van der Waals surface area contributed by atoms with Crippen LogP contribution in [0.1, 0.15) is 12.7 Å². The Balaban J connectivity index is 1.96. The average Bonchev–Trinajstić information content (AvgIpc) is 2.73. The van der Waals surface area contributed by atoms with Gasteiger partial charge in [0.1, 0.15) is 0 Å². The molecule has 1 fully saturated rings. The first-order valence-corrected chi connectivity index (χ1v) is 5.24. The summed E-state index contributed by atoms with van der Waals surface area (Å²) in [5.41, 5.74) is 0. The molecule has 0 aromatic carbocycles. The second-order valence-corrected chi connectivity index (χ2v) is 4.31. The topological polar surface area (TPSA) is 84.1 Å². The van der Waals surface area contributed by atoms with Crippen molar-refractivity contribution in [2.75, 3.05) is 13.1 Å². The number of aryl methyl sites for hydroxylation is 1. The lowest BCUT2D eigenvalue weighted by molar-refractivity contribution is -0.142. The van der Waals surface area contributed by atoms with Gasteiger partial charge in [-0.2, -0.15) is 4.80 Å². The summed E-state index contributed by atoms with van der Waals surface area (Å²) in [6.45, 7) is 3.87. The lowest BCUT2D eigenvalue weighted by atomic mass is 9.99. The molecule has 2 atom stereocenters. The highest BCUT2D eigenvalue weighted by atomic mass is 16.4. The van der Waals surface area contributed by atoms with E-state index in [1.54, 1.807) is 7.05 Å². The number of carboxylic acids is 1. The van der Waals surface area contributed by atoms with E-state index in [0.29, 0.717) is 18.9 Å². The van der Waals surface area contributed by atoms with E-state index in [4.69, 9.17) is 5.11 Å². The Labute approximate surface area is 93.0 Å². The van der Waals surface area contributed by atoms with Crippen LogP contribution in [0.4, 0.5) is 0 Å². The Morgan fingerprint density at radius 1 is 1.56 bits per heavy atom. The molecule has 7 nitrogen and oxygen atoms in total. The van der Waals surface area contributed by atoms with Gasteiger partial charge in [0.15, 0.2) is 5.82 Å². The molecule has 0 bridgehead atoms. The summed E-state index contributed by atoms with van der Waals surface area (Å²) in [5.74, 6) is -0.186. The highest BCUT2D eigenvalue weighted by Gasteiger charge is 2.34. The van der Waals surface area contributed by atoms with E-state index in [-0.39, 0.29) is 11.8 Å². The van der Waals surface area contributed by atoms with Crippen LogP contribution < -0.4 is 0 Å². The van der Waals surface area contributed by atoms with Crippen molar-refractivity contribution in [3.63, 3.8) is 0 Å². The molecule has 88 valence electrons. The molecule has 1 aromatic rings. The predicted molar refractivity (Wildman–Crippen MR) is 54.4 cm³/mol. The summed E-state index contributed by atoms with van der Waals surface area (Å²) >= 11 is 0. The standard InChI is InChI=1S/C9H15N5O2/c1-6-3-14(4-7(6)9(15)16)5-8-10-12-13(2)11-8/h6-7H,3-5H2,1-2H3,(H,15,16). The van der Waals surface area contributed by atoms with Gasteiger partial charge < -0.3 is 5.11 Å². The number of rotatable bonds is 3. The highest BCUT2D eigenvalue weighted by molar-refractivity contribution is 5.71. The third-order valence-corrected chi connectivity index (χ3v) is 2.92. The summed E-state index contributed by atoms with van der Waals surface area (Å²) in [5, 5.41) is 20.7. The van der Waals surface area contributed by atoms with Crippen molar-refractivity contribution in [2.24, 2.45) is 18.9 Å². The molecule has 0 spiro atoms. The van der Waals surface area contributed by atoms with Crippen LogP contribution in [0.3, 0.4) is 0 Å². The number of hydrogen-bond donors (Lipinski definition) is 1. The van der Waals surface area contributed by atoms with Gasteiger partial charge in [-0.15, -0.1) is 10.2 Å². The van der Waals surface area contributed by atoms with Crippen molar-refractivity contribution >= 4 is 5.97 Å². The molecule has 0 amide bonds. The number of carbonyl (C=O) groups is 1. The van der Waals surface area contributed by atoms with Crippen LogP contribution in [0, 0.1) is 11.8 Å². The predicted octanol–water partition coefficient (Wildman–Crippen LogP) is -0.637. The summed E-state index contributed by atoms with van der Waals surface area (Å²) in [4.78, 5) is 14.4. The van der Waals surface area contributed by atoms with Gasteiger partial charge in [0.2, 0.25) is 0 Å². The first-order chi connectivity index (χ1) is 7.56. The molecule has 2 rings (SSSR count). The van der Waals surface area contributed by atoms with Crippen molar-refractivity contribution in [3.8, 4) is 0 Å². The van der Waals surface area contributed by atoms with Gasteiger partial charge >= 0.3 is 5.97 Å². The van der Waals surface area contributed by atoms with E-state index < -0.39 is 5.97 Å². The molecule has 0 aliphatic carbocycles. The highest BCUT2D eigenvalue weighted by Crippen LogP contribution is 2.23. The number of aliphatic carboxylic acids is 1. The summed E-state index contributed by atoms with van der Waals surface area (Å²) in [6.07, 6.45) is 0. The van der Waals surface area contributed by atoms with Crippen LogP contribution in [0.5, 0.6) is 0 Å². The molecule has 0 saturated carbocycles. The monoisotopic (exact) mass is 225 g/mol. The fourth-order valence-corrected chi connectivity index (χ4v) is 2.10. The summed E-state index contributed by atoms with van der Waals surface area (Å²) < 4.78 is 0. The van der Waals surface area contributed by atoms with Gasteiger partial charge in [-0.05, 0) is 11.1 Å². The fourth-order valence-electron chi connectivity index (χ4n) is 2.10. The minimum Gasteiger partial charge on any atom is -0.481 e. The minimum atomic E-state index is -0.720. The Morgan fingerprint density at radius 2 is 2.31 bits per heavy atom. The number of likely N-dealkylation sites (tertiary alicyclic amines) is 1. The Kier molecular flexibility index (Phi) is 2.86. The lowest BCUT2D eigenvalue weighted by Crippen LogP contribution is -2.23. The zero-order valence-corrected chi connectivity index (χ0v) is 9.37. The van der Waals surface area contributed by atoms with Gasteiger partial charge in [0.25, 0.3) is 0 Å². The molecular weight excluding hydrogens is 210 g/mol. The molecule has 1 saturated heterocycles. The number of hydrogen-bond acceptors (Lipinski definition) is 5. The Morgan fingerprint density at radius 3 is 2.81 bits per heavy atom. The molecule has 1 N–H and O–H groups in total. The van der Waals surface area contributed by atoms with Gasteiger partial charge in [0, 0.05) is 13.1 Å². The Bertz CT molecular complexity index is 391. The summed E-state index contributed by atoms with van der Waals surface area (Å²) in [6, 6.07) is 0. The molecule has 2 heterocycles. The van der Waals surface area contributed by atoms with Crippen molar-refractivity contribution in [1.29, 1.82) is 0 Å². The lowest BCUT2D eigenvalue weighted by Gasteiger charge is -2.11. The van der Waals surface area contributed by atoms with E-state index in [9.17, 15) is 4.79 Å². The van der Waals surface area contributed by atoms with Crippen molar-refractivity contribution < 1.29 is 9.90 Å². The van der Waals surface area contributed by atoms with Crippen LogP contribution in [0.2, 0.25) is 0 Å². The molecule has 7 heteroatoms. The van der Waals surface area contributed by atoms with E-state index in [0.717, 1.165) is 6.54 Å². The fraction of sp³-hybridized carbons (Fsp3) is 0.778. The van der Waals surface area contributed by atoms with Crippen molar-refractivity contribution in [2.45, 2.75) is 13.5 Å². The van der Waals surface area contributed by atoms with Crippen LogP contribution >= 0.6 is 0 Å². The van der Waals surface area contributed by atoms with Crippen LogP contribution in [0.15, 0.2) is 0 Å². The van der Waals surface area contributed by atoms with Gasteiger partial charge in [-0.1, -0.05) is 6.92 Å². The third kappa shape index (κ3) is 2.19. The number of nitrogens with zero attached hydrogens (tertiary/aromatic N) is 5. The largest absolute Gasteiger partial charge is 0.481 e. The van der Waals surface area contributed by atoms with E-state index in [1.165, 1.54) is 4.80 Å². The molecule has 1 aliphatic heterocycles. The maximum Gasteiger partial charge on any atom is 0.308 e. The Hall–Kier alpha value is -1.50. The van der Waals surface area contributed by atoms with Gasteiger partial charge in [0.05, 0.1) is 19.5 Å². The van der Waals surface area contributed by atoms with E-state index >= 15 is 0 Å². The molecule has 2 unspecified atom stereocenters. The smallest absolute Gasteiger partial charge is 0.308 e. The van der Waals surface area contributed by atoms with Crippen molar-refractivity contribution in [3.05, 3.63) is 5.82 Å². The second kappa shape index (κ2) is 4.17. The first-order valence-electron chi connectivity index (χ1n) is 5.24. The zero-order valence-electron chi connectivity index (χ0n) is 9.37. The van der Waals surface area contributed by atoms with E-state index in [1.807, 2.05) is 6.92 Å². The van der Waals surface area contributed by atoms with Crippen LogP contribution in [-0.2, 0) is 18.4 Å². The molecule has 1 aliphatic rings. The average molecular weight is 225 g/mol. The first kappa shape index (κ1) is 11.0. The molecule has 0 radical (unpaired) electrons. The summed E-state index contributed by atoms with van der Waals surface area (Å²) in [7, 11) is 1.71. The van der Waals surface area contributed by atoms with Gasteiger partial charge in [-0.25, -0.2) is 0 Å². The number of carboxylic acid groups (broad SMARTS) is 1. The number of aromatic nitrogens is 4. The SMILES string of the molecule is CC1CN(Cc2nnn(C)n2)CC1C(=O)O. The zero-order chi connectivity index (χ0) is 11.7. The van der Waals surface area contributed by atoms with Crippen LogP contribution in [-0.4, -0.2) is 49.3 Å². The molecule has 1 aromatic heterocycles. The van der Waals surface area contributed by atoms with Crippen molar-refractivity contribution in [1.82, 2.24) is 25.1 Å². The molecule has 16 heavy (non-hydrogen) atoms.